The monoisotopic (exact) mass is 139 g/mol. The minimum absolute atomic E-state index is 0.268. The van der Waals surface area contributed by atoms with Crippen molar-refractivity contribution in [3.8, 4) is 0 Å². The molecule has 1 rings (SSSR count). The predicted molar refractivity (Wildman–Crippen MR) is 40.5 cm³/mol. The summed E-state index contributed by atoms with van der Waals surface area (Å²) >= 11 is 0. The highest BCUT2D eigenvalue weighted by Crippen LogP contribution is 1.91. The van der Waals surface area contributed by atoms with Crippen molar-refractivity contribution >= 4 is 0 Å². The molecule has 0 bridgehead atoms. The zero-order valence-corrected chi connectivity index (χ0v) is 6.20. The molecule has 0 aliphatic rings. The Morgan fingerprint density at radius 3 is 3.00 bits per heavy atom. The van der Waals surface area contributed by atoms with E-state index in [1.165, 1.54) is 0 Å². The van der Waals surface area contributed by atoms with Crippen molar-refractivity contribution < 1.29 is 0 Å². The molecular weight excluding hydrogens is 126 g/mol. The zero-order valence-electron chi connectivity index (χ0n) is 6.20. The molecule has 0 aromatic carbocycles. The topological polar surface area (TPSA) is 43.8 Å². The van der Waals surface area contributed by atoms with Gasteiger partial charge in [-0.05, 0) is 19.4 Å². The van der Waals surface area contributed by atoms with E-state index in [-0.39, 0.29) is 6.04 Å². The van der Waals surface area contributed by atoms with Gasteiger partial charge in [-0.2, -0.15) is 5.10 Å². The Kier molecular flexibility index (Phi) is 2.45. The lowest BCUT2D eigenvalue weighted by atomic mass is 10.2. The van der Waals surface area contributed by atoms with Crippen molar-refractivity contribution in [2.45, 2.75) is 25.9 Å². The molecule has 0 aliphatic heterocycles. The number of aromatic nitrogens is 2. The average Bonchev–Trinajstić information content (AvgIpc) is 2.34. The molecule has 3 nitrogen and oxygen atoms in total. The molecule has 0 amide bonds. The lowest BCUT2D eigenvalue weighted by molar-refractivity contribution is 0.530. The molecule has 1 atom stereocenters. The number of nitrogens with zero attached hydrogens (tertiary/aromatic N) is 2. The first-order valence-electron chi connectivity index (χ1n) is 3.52. The first kappa shape index (κ1) is 7.28. The van der Waals surface area contributed by atoms with E-state index in [2.05, 4.69) is 5.10 Å². The Labute approximate surface area is 60.8 Å². The van der Waals surface area contributed by atoms with Crippen LogP contribution in [0.4, 0.5) is 0 Å². The Balaban J connectivity index is 2.28. The van der Waals surface area contributed by atoms with Crippen molar-refractivity contribution in [2.75, 3.05) is 0 Å². The molecule has 0 saturated carbocycles. The maximum Gasteiger partial charge on any atom is 0.0489 e. The van der Waals surface area contributed by atoms with Crippen LogP contribution in [0, 0.1) is 0 Å². The smallest absolute Gasteiger partial charge is 0.0489 e. The Bertz CT molecular complexity index is 167. The molecule has 0 saturated heterocycles. The second-order valence-electron chi connectivity index (χ2n) is 2.54. The summed E-state index contributed by atoms with van der Waals surface area (Å²) in [5.41, 5.74) is 5.57. The molecule has 0 spiro atoms. The van der Waals surface area contributed by atoms with E-state index in [1.807, 2.05) is 23.9 Å². The molecule has 1 aromatic rings. The van der Waals surface area contributed by atoms with E-state index >= 15 is 0 Å². The van der Waals surface area contributed by atoms with Crippen molar-refractivity contribution in [3.63, 3.8) is 0 Å². The molecule has 0 fully saturated rings. The lowest BCUT2D eigenvalue weighted by Crippen LogP contribution is -2.17. The molecule has 1 unspecified atom stereocenters. The van der Waals surface area contributed by atoms with E-state index in [0.717, 1.165) is 13.0 Å². The molecule has 0 radical (unpaired) electrons. The van der Waals surface area contributed by atoms with E-state index < -0.39 is 0 Å². The number of hydrogen-bond acceptors (Lipinski definition) is 2. The Morgan fingerprint density at radius 1 is 1.70 bits per heavy atom. The van der Waals surface area contributed by atoms with Crippen LogP contribution in [0.15, 0.2) is 18.5 Å². The third kappa shape index (κ3) is 2.19. The lowest BCUT2D eigenvalue weighted by Gasteiger charge is -2.03. The first-order valence-corrected chi connectivity index (χ1v) is 3.52. The summed E-state index contributed by atoms with van der Waals surface area (Å²) in [6, 6.07) is 2.19. The summed E-state index contributed by atoms with van der Waals surface area (Å²) in [6.07, 6.45) is 4.71. The average molecular weight is 139 g/mol. The highest BCUT2D eigenvalue weighted by molar-refractivity contribution is 4.77. The van der Waals surface area contributed by atoms with Crippen LogP contribution in [0.2, 0.25) is 0 Å². The summed E-state index contributed by atoms with van der Waals surface area (Å²) in [4.78, 5) is 0. The molecule has 1 aromatic heterocycles. The van der Waals surface area contributed by atoms with Gasteiger partial charge in [0.05, 0.1) is 0 Å². The normalized spacial score (nSPS) is 13.4. The second kappa shape index (κ2) is 3.37. The SMILES string of the molecule is CC(N)CCn1cccn1. The van der Waals surface area contributed by atoms with Crippen LogP contribution < -0.4 is 5.73 Å². The van der Waals surface area contributed by atoms with Crippen LogP contribution in [0.1, 0.15) is 13.3 Å². The standard InChI is InChI=1S/C7H13N3/c1-7(8)3-6-10-5-2-4-9-10/h2,4-5,7H,3,6,8H2,1H3. The Hall–Kier alpha value is -0.830. The van der Waals surface area contributed by atoms with Crippen LogP contribution in [-0.4, -0.2) is 15.8 Å². The van der Waals surface area contributed by atoms with Gasteiger partial charge in [-0.3, -0.25) is 4.68 Å². The fraction of sp³-hybridized carbons (Fsp3) is 0.571. The summed E-state index contributed by atoms with van der Waals surface area (Å²) in [6.45, 7) is 2.92. The third-order valence-corrected chi connectivity index (χ3v) is 1.37. The highest BCUT2D eigenvalue weighted by Gasteiger charge is 1.93. The van der Waals surface area contributed by atoms with E-state index in [1.54, 1.807) is 6.20 Å². The van der Waals surface area contributed by atoms with Crippen molar-refractivity contribution in [3.05, 3.63) is 18.5 Å². The van der Waals surface area contributed by atoms with Gasteiger partial charge >= 0.3 is 0 Å². The third-order valence-electron chi connectivity index (χ3n) is 1.37. The van der Waals surface area contributed by atoms with Gasteiger partial charge in [-0.15, -0.1) is 0 Å². The fourth-order valence-electron chi connectivity index (χ4n) is 0.769. The fourth-order valence-corrected chi connectivity index (χ4v) is 0.769. The number of rotatable bonds is 3. The number of hydrogen-bond donors (Lipinski definition) is 1. The van der Waals surface area contributed by atoms with Crippen molar-refractivity contribution in [2.24, 2.45) is 5.73 Å². The summed E-state index contributed by atoms with van der Waals surface area (Å²) < 4.78 is 1.89. The van der Waals surface area contributed by atoms with Gasteiger partial charge in [0, 0.05) is 25.0 Å². The number of aryl methyl sites for hydroxylation is 1. The molecule has 0 aliphatic carbocycles. The van der Waals surface area contributed by atoms with Crippen molar-refractivity contribution in [1.82, 2.24) is 9.78 Å². The predicted octanol–water partition coefficient (Wildman–Crippen LogP) is 0.620. The van der Waals surface area contributed by atoms with Crippen LogP contribution in [0.5, 0.6) is 0 Å². The van der Waals surface area contributed by atoms with E-state index in [0.29, 0.717) is 0 Å². The van der Waals surface area contributed by atoms with Crippen LogP contribution in [-0.2, 0) is 6.54 Å². The minimum atomic E-state index is 0.268. The maximum atomic E-state index is 5.57. The minimum Gasteiger partial charge on any atom is -0.328 e. The summed E-state index contributed by atoms with van der Waals surface area (Å²) in [7, 11) is 0. The molecule has 1 heterocycles. The molecule has 56 valence electrons. The van der Waals surface area contributed by atoms with Crippen LogP contribution in [0.3, 0.4) is 0 Å². The van der Waals surface area contributed by atoms with Gasteiger partial charge in [-0.1, -0.05) is 0 Å². The van der Waals surface area contributed by atoms with Gasteiger partial charge in [0.15, 0.2) is 0 Å². The van der Waals surface area contributed by atoms with Gasteiger partial charge in [-0.25, -0.2) is 0 Å². The quantitative estimate of drug-likeness (QED) is 0.667. The molecule has 10 heavy (non-hydrogen) atoms. The van der Waals surface area contributed by atoms with E-state index in [9.17, 15) is 0 Å². The van der Waals surface area contributed by atoms with Gasteiger partial charge in [0.25, 0.3) is 0 Å². The van der Waals surface area contributed by atoms with Crippen molar-refractivity contribution in [1.29, 1.82) is 0 Å². The molecular formula is C7H13N3. The molecule has 3 heteroatoms. The Morgan fingerprint density at radius 2 is 2.50 bits per heavy atom. The largest absolute Gasteiger partial charge is 0.328 e. The van der Waals surface area contributed by atoms with Gasteiger partial charge < -0.3 is 5.73 Å². The van der Waals surface area contributed by atoms with Gasteiger partial charge in [0.2, 0.25) is 0 Å². The second-order valence-corrected chi connectivity index (χ2v) is 2.54. The zero-order chi connectivity index (χ0) is 7.40. The van der Waals surface area contributed by atoms with E-state index in [4.69, 9.17) is 5.73 Å². The number of nitrogens with two attached hydrogens (primary N) is 1. The van der Waals surface area contributed by atoms with Crippen LogP contribution >= 0.6 is 0 Å². The summed E-state index contributed by atoms with van der Waals surface area (Å²) in [5.74, 6) is 0. The maximum absolute atomic E-state index is 5.57. The van der Waals surface area contributed by atoms with Crippen LogP contribution in [0.25, 0.3) is 0 Å². The highest BCUT2D eigenvalue weighted by atomic mass is 15.3. The molecule has 2 N–H and O–H groups in total. The summed E-state index contributed by atoms with van der Waals surface area (Å²) in [5, 5.41) is 4.05. The first-order chi connectivity index (χ1) is 4.79. The van der Waals surface area contributed by atoms with Gasteiger partial charge in [0.1, 0.15) is 0 Å².